The molecule has 0 bridgehead atoms. The minimum absolute atomic E-state index is 0.100. The molecule has 0 spiro atoms. The van der Waals surface area contributed by atoms with Crippen LogP contribution in [0.25, 0.3) is 22.6 Å². The first kappa shape index (κ1) is 9.89. The molecule has 0 aliphatic heterocycles. The first-order chi connectivity index (χ1) is 8.24. The van der Waals surface area contributed by atoms with Crippen LogP contribution in [-0.4, -0.2) is 15.0 Å². The number of hydrogen-bond acceptors (Lipinski definition) is 2. The standard InChI is InChI=1S/C12H7F2N3/c13-7-3-4-9(14)8(6-7)11-16-10-2-1-5-15-12(10)17-11/h1-6H,(H,15,16,17). The summed E-state index contributed by atoms with van der Waals surface area (Å²) in [5.41, 5.74) is 1.26. The Morgan fingerprint density at radius 3 is 2.82 bits per heavy atom. The van der Waals surface area contributed by atoms with Crippen molar-refractivity contribution < 1.29 is 8.78 Å². The average Bonchev–Trinajstić information content (AvgIpc) is 2.75. The van der Waals surface area contributed by atoms with Gasteiger partial charge in [-0.25, -0.2) is 18.7 Å². The summed E-state index contributed by atoms with van der Waals surface area (Å²) in [4.78, 5) is 11.0. The summed E-state index contributed by atoms with van der Waals surface area (Å²) in [6.07, 6.45) is 1.59. The number of nitrogens with one attached hydrogen (secondary N) is 1. The number of aromatic amines is 1. The maximum absolute atomic E-state index is 13.5. The number of rotatable bonds is 1. The highest BCUT2D eigenvalue weighted by Crippen LogP contribution is 2.22. The van der Waals surface area contributed by atoms with Crippen molar-refractivity contribution in [2.45, 2.75) is 0 Å². The molecule has 84 valence electrons. The molecular weight excluding hydrogens is 224 g/mol. The lowest BCUT2D eigenvalue weighted by Crippen LogP contribution is -1.88. The maximum Gasteiger partial charge on any atom is 0.178 e. The summed E-state index contributed by atoms with van der Waals surface area (Å²) in [6, 6.07) is 6.76. The highest BCUT2D eigenvalue weighted by molar-refractivity contribution is 5.75. The zero-order chi connectivity index (χ0) is 11.8. The van der Waals surface area contributed by atoms with E-state index in [0.29, 0.717) is 11.2 Å². The quantitative estimate of drug-likeness (QED) is 0.699. The molecule has 1 N–H and O–H groups in total. The van der Waals surface area contributed by atoms with Gasteiger partial charge in [0.05, 0.1) is 11.1 Å². The first-order valence-electron chi connectivity index (χ1n) is 5.00. The van der Waals surface area contributed by atoms with E-state index in [1.165, 1.54) is 0 Å². The highest BCUT2D eigenvalue weighted by Gasteiger charge is 2.11. The van der Waals surface area contributed by atoms with Crippen molar-refractivity contribution in [3.8, 4) is 11.4 Å². The Hall–Kier alpha value is -2.30. The average molecular weight is 231 g/mol. The van der Waals surface area contributed by atoms with E-state index in [2.05, 4.69) is 15.0 Å². The van der Waals surface area contributed by atoms with Crippen LogP contribution in [0.5, 0.6) is 0 Å². The Balaban J connectivity index is 2.23. The number of halogens is 2. The predicted molar refractivity (Wildman–Crippen MR) is 59.2 cm³/mol. The number of hydrogen-bond donors (Lipinski definition) is 1. The van der Waals surface area contributed by atoms with Crippen molar-refractivity contribution in [3.05, 3.63) is 48.2 Å². The van der Waals surface area contributed by atoms with Crippen LogP contribution < -0.4 is 0 Å². The lowest BCUT2D eigenvalue weighted by molar-refractivity contribution is 0.602. The number of fused-ring (bicyclic) bond motifs is 1. The molecule has 0 unspecified atom stereocenters. The van der Waals surface area contributed by atoms with Gasteiger partial charge < -0.3 is 4.98 Å². The predicted octanol–water partition coefficient (Wildman–Crippen LogP) is 2.90. The summed E-state index contributed by atoms with van der Waals surface area (Å²) < 4.78 is 26.6. The second-order valence-electron chi connectivity index (χ2n) is 3.58. The summed E-state index contributed by atoms with van der Waals surface area (Å²) >= 11 is 0. The number of pyridine rings is 1. The molecule has 17 heavy (non-hydrogen) atoms. The van der Waals surface area contributed by atoms with Crippen molar-refractivity contribution in [3.63, 3.8) is 0 Å². The van der Waals surface area contributed by atoms with E-state index >= 15 is 0 Å². The molecule has 3 nitrogen and oxygen atoms in total. The zero-order valence-electron chi connectivity index (χ0n) is 8.61. The monoisotopic (exact) mass is 231 g/mol. The van der Waals surface area contributed by atoms with Gasteiger partial charge in [0.2, 0.25) is 0 Å². The normalized spacial score (nSPS) is 10.9. The molecular formula is C12H7F2N3. The van der Waals surface area contributed by atoms with E-state index in [9.17, 15) is 8.78 Å². The Kier molecular flexibility index (Phi) is 2.11. The molecule has 0 saturated heterocycles. The third-order valence-corrected chi connectivity index (χ3v) is 2.44. The molecule has 0 fully saturated rings. The van der Waals surface area contributed by atoms with Crippen LogP contribution in [0.4, 0.5) is 8.78 Å². The number of H-pyrrole nitrogens is 1. The smallest absolute Gasteiger partial charge is 0.178 e. The number of imidazole rings is 1. The molecule has 0 radical (unpaired) electrons. The van der Waals surface area contributed by atoms with Crippen molar-refractivity contribution in [1.82, 2.24) is 15.0 Å². The van der Waals surface area contributed by atoms with Crippen molar-refractivity contribution in [2.75, 3.05) is 0 Å². The van der Waals surface area contributed by atoms with Crippen LogP contribution in [0, 0.1) is 11.6 Å². The molecule has 3 rings (SSSR count). The van der Waals surface area contributed by atoms with Crippen LogP contribution in [0.2, 0.25) is 0 Å². The fourth-order valence-corrected chi connectivity index (χ4v) is 1.65. The third kappa shape index (κ3) is 1.65. The molecule has 3 aromatic rings. The Bertz CT molecular complexity index is 658. The van der Waals surface area contributed by atoms with Gasteiger partial charge in [0, 0.05) is 6.20 Å². The van der Waals surface area contributed by atoms with E-state index < -0.39 is 11.6 Å². The summed E-state index contributed by atoms with van der Waals surface area (Å²) in [5, 5.41) is 0. The number of aromatic nitrogens is 3. The molecule has 0 saturated carbocycles. The van der Waals surface area contributed by atoms with Gasteiger partial charge in [0.25, 0.3) is 0 Å². The molecule has 0 atom stereocenters. The Morgan fingerprint density at radius 1 is 1.12 bits per heavy atom. The fraction of sp³-hybridized carbons (Fsp3) is 0. The third-order valence-electron chi connectivity index (χ3n) is 2.44. The zero-order valence-corrected chi connectivity index (χ0v) is 8.61. The van der Waals surface area contributed by atoms with Gasteiger partial charge in [-0.05, 0) is 30.3 Å². The van der Waals surface area contributed by atoms with E-state index in [4.69, 9.17) is 0 Å². The van der Waals surface area contributed by atoms with Gasteiger partial charge in [-0.15, -0.1) is 0 Å². The van der Waals surface area contributed by atoms with Crippen molar-refractivity contribution >= 4 is 11.2 Å². The van der Waals surface area contributed by atoms with E-state index in [1.54, 1.807) is 18.3 Å². The second-order valence-corrected chi connectivity index (χ2v) is 3.58. The first-order valence-corrected chi connectivity index (χ1v) is 5.00. The van der Waals surface area contributed by atoms with Crippen LogP contribution >= 0.6 is 0 Å². The highest BCUT2D eigenvalue weighted by atomic mass is 19.1. The molecule has 5 heteroatoms. The maximum atomic E-state index is 13.5. The van der Waals surface area contributed by atoms with Gasteiger partial charge in [-0.3, -0.25) is 0 Å². The second kappa shape index (κ2) is 3.62. The molecule has 0 aliphatic rings. The molecule has 2 aromatic heterocycles. The Labute approximate surface area is 95.1 Å². The van der Waals surface area contributed by atoms with E-state index in [1.807, 2.05) is 0 Å². The van der Waals surface area contributed by atoms with Crippen LogP contribution in [0.3, 0.4) is 0 Å². The SMILES string of the molecule is Fc1ccc(F)c(-c2nc3ncccc3[nH]2)c1. The van der Waals surface area contributed by atoms with Gasteiger partial charge in [-0.1, -0.05) is 0 Å². The minimum atomic E-state index is -0.523. The molecule has 1 aromatic carbocycles. The van der Waals surface area contributed by atoms with Gasteiger partial charge in [0.1, 0.15) is 17.5 Å². The minimum Gasteiger partial charge on any atom is -0.336 e. The Morgan fingerprint density at radius 2 is 2.00 bits per heavy atom. The summed E-state index contributed by atoms with van der Waals surface area (Å²) in [7, 11) is 0. The largest absolute Gasteiger partial charge is 0.336 e. The van der Waals surface area contributed by atoms with E-state index in [0.717, 1.165) is 18.2 Å². The van der Waals surface area contributed by atoms with Crippen molar-refractivity contribution in [1.29, 1.82) is 0 Å². The molecule has 2 heterocycles. The lowest BCUT2D eigenvalue weighted by Gasteiger charge is -1.98. The molecule has 0 amide bonds. The van der Waals surface area contributed by atoms with Crippen LogP contribution in [0.1, 0.15) is 0 Å². The lowest BCUT2D eigenvalue weighted by atomic mass is 10.2. The van der Waals surface area contributed by atoms with Crippen LogP contribution in [-0.2, 0) is 0 Å². The number of nitrogens with zero attached hydrogens (tertiary/aromatic N) is 2. The van der Waals surface area contributed by atoms with Gasteiger partial charge >= 0.3 is 0 Å². The summed E-state index contributed by atoms with van der Waals surface area (Å²) in [6.45, 7) is 0. The fourth-order valence-electron chi connectivity index (χ4n) is 1.65. The van der Waals surface area contributed by atoms with Crippen LogP contribution in [0.15, 0.2) is 36.5 Å². The molecule has 0 aliphatic carbocycles. The number of benzene rings is 1. The van der Waals surface area contributed by atoms with E-state index in [-0.39, 0.29) is 11.4 Å². The van der Waals surface area contributed by atoms with Gasteiger partial charge in [-0.2, -0.15) is 0 Å². The topological polar surface area (TPSA) is 41.6 Å². The van der Waals surface area contributed by atoms with Gasteiger partial charge in [0.15, 0.2) is 5.65 Å². The van der Waals surface area contributed by atoms with Crippen molar-refractivity contribution in [2.24, 2.45) is 0 Å². The summed E-state index contributed by atoms with van der Waals surface area (Å²) in [5.74, 6) is -0.754.